The number of carbonyl (C=O) groups excluding carboxylic acids is 1. The number of hydrazone groups is 1. The largest absolute Gasteiger partial charge is 0.315 e. The lowest BCUT2D eigenvalue weighted by Crippen LogP contribution is -2.29. The third-order valence-corrected chi connectivity index (χ3v) is 7.38. The zero-order valence-electron chi connectivity index (χ0n) is 21.0. The van der Waals surface area contributed by atoms with Gasteiger partial charge in [0.15, 0.2) is 0 Å². The van der Waals surface area contributed by atoms with Crippen molar-refractivity contribution < 1.29 is 17.6 Å². The number of aryl methyl sites for hydroxylation is 1. The van der Waals surface area contributed by atoms with Gasteiger partial charge in [0.1, 0.15) is 5.82 Å². The van der Waals surface area contributed by atoms with Gasteiger partial charge in [0, 0.05) is 27.5 Å². The number of nitrogens with zero attached hydrogens (tertiary/aromatic N) is 3. The molecule has 1 aromatic heterocycles. The van der Waals surface area contributed by atoms with Crippen molar-refractivity contribution in [3.05, 3.63) is 118 Å². The standard InChI is InChI=1S/C28H26ClFN4O3S/c1-19-16-23(20(2)34(19)27-7-5-4-6-26(27)30)17-31-32-28(35)22-10-14-25(15-11-22)33(38(3,36)37)18-21-8-12-24(29)13-9-21/h4-17H,18H2,1-3H3,(H,32,35)/b31-17+. The number of sulfonamides is 1. The van der Waals surface area contributed by atoms with E-state index in [-0.39, 0.29) is 12.4 Å². The summed E-state index contributed by atoms with van der Waals surface area (Å²) in [6, 6.07) is 21.5. The monoisotopic (exact) mass is 552 g/mol. The summed E-state index contributed by atoms with van der Waals surface area (Å²) < 4.78 is 42.2. The fourth-order valence-electron chi connectivity index (χ4n) is 4.08. The van der Waals surface area contributed by atoms with Crippen LogP contribution in [0, 0.1) is 19.7 Å². The Morgan fingerprint density at radius 1 is 1.05 bits per heavy atom. The molecule has 0 aliphatic heterocycles. The van der Waals surface area contributed by atoms with Gasteiger partial charge >= 0.3 is 0 Å². The Bertz CT molecular complexity index is 1600. The van der Waals surface area contributed by atoms with Crippen LogP contribution >= 0.6 is 11.6 Å². The maximum absolute atomic E-state index is 14.3. The lowest BCUT2D eigenvalue weighted by atomic mass is 10.2. The summed E-state index contributed by atoms with van der Waals surface area (Å²) in [5, 5.41) is 4.62. The van der Waals surface area contributed by atoms with E-state index in [1.54, 1.807) is 59.2 Å². The van der Waals surface area contributed by atoms with Gasteiger partial charge in [-0.25, -0.2) is 18.2 Å². The Morgan fingerprint density at radius 2 is 1.71 bits per heavy atom. The maximum Gasteiger partial charge on any atom is 0.271 e. The molecule has 0 atom stereocenters. The number of carbonyl (C=O) groups is 1. The molecule has 0 radical (unpaired) electrons. The SMILES string of the molecule is Cc1cc(/C=N/NC(=O)c2ccc(N(Cc3ccc(Cl)cc3)S(C)(=O)=O)cc2)c(C)n1-c1ccccc1F. The smallest absolute Gasteiger partial charge is 0.271 e. The molecular formula is C28H26ClFN4O3S. The van der Waals surface area contributed by atoms with Gasteiger partial charge in [-0.2, -0.15) is 5.10 Å². The third-order valence-electron chi connectivity index (χ3n) is 5.99. The molecule has 7 nitrogen and oxygen atoms in total. The van der Waals surface area contributed by atoms with Gasteiger partial charge in [0.2, 0.25) is 10.0 Å². The van der Waals surface area contributed by atoms with Gasteiger partial charge in [0.25, 0.3) is 5.91 Å². The van der Waals surface area contributed by atoms with Crippen molar-refractivity contribution in [2.45, 2.75) is 20.4 Å². The van der Waals surface area contributed by atoms with E-state index in [2.05, 4.69) is 10.5 Å². The summed E-state index contributed by atoms with van der Waals surface area (Å²) in [4.78, 5) is 12.6. The molecule has 0 fully saturated rings. The van der Waals surface area contributed by atoms with E-state index >= 15 is 0 Å². The van der Waals surface area contributed by atoms with Gasteiger partial charge in [-0.15, -0.1) is 0 Å². The van der Waals surface area contributed by atoms with Crippen molar-refractivity contribution in [3.63, 3.8) is 0 Å². The van der Waals surface area contributed by atoms with Crippen LogP contribution in [-0.2, 0) is 16.6 Å². The van der Waals surface area contributed by atoms with Crippen molar-refractivity contribution in [2.24, 2.45) is 5.10 Å². The molecule has 4 aromatic rings. The molecule has 38 heavy (non-hydrogen) atoms. The van der Waals surface area contributed by atoms with Crippen molar-refractivity contribution in [1.29, 1.82) is 0 Å². The predicted molar refractivity (Wildman–Crippen MR) is 149 cm³/mol. The highest BCUT2D eigenvalue weighted by atomic mass is 35.5. The van der Waals surface area contributed by atoms with E-state index in [1.807, 2.05) is 19.9 Å². The first-order chi connectivity index (χ1) is 18.0. The van der Waals surface area contributed by atoms with E-state index in [0.717, 1.165) is 28.8 Å². The zero-order valence-corrected chi connectivity index (χ0v) is 22.6. The van der Waals surface area contributed by atoms with E-state index < -0.39 is 15.9 Å². The van der Waals surface area contributed by atoms with Crippen LogP contribution in [0.25, 0.3) is 5.69 Å². The molecule has 0 aliphatic rings. The molecule has 1 amide bonds. The second-order valence-electron chi connectivity index (χ2n) is 8.76. The van der Waals surface area contributed by atoms with Crippen molar-refractivity contribution in [2.75, 3.05) is 10.6 Å². The second kappa shape index (κ2) is 11.2. The zero-order chi connectivity index (χ0) is 27.4. The molecule has 1 N–H and O–H groups in total. The van der Waals surface area contributed by atoms with Crippen LogP contribution in [0.1, 0.15) is 32.9 Å². The lowest BCUT2D eigenvalue weighted by molar-refractivity contribution is 0.0955. The molecule has 0 unspecified atom stereocenters. The van der Waals surface area contributed by atoms with Crippen molar-refractivity contribution in [3.8, 4) is 5.69 Å². The number of hydrogen-bond donors (Lipinski definition) is 1. The number of benzene rings is 3. The van der Waals surface area contributed by atoms with Crippen molar-refractivity contribution in [1.82, 2.24) is 9.99 Å². The van der Waals surface area contributed by atoms with Crippen molar-refractivity contribution >= 4 is 39.4 Å². The topological polar surface area (TPSA) is 83.8 Å². The molecule has 0 aliphatic carbocycles. The summed E-state index contributed by atoms with van der Waals surface area (Å²) in [7, 11) is -3.58. The van der Waals surface area contributed by atoms with Gasteiger partial charge in [-0.1, -0.05) is 35.9 Å². The summed E-state index contributed by atoms with van der Waals surface area (Å²) in [6.45, 7) is 3.83. The molecule has 0 bridgehead atoms. The summed E-state index contributed by atoms with van der Waals surface area (Å²) in [5.41, 5.74) is 6.74. The van der Waals surface area contributed by atoms with E-state index in [9.17, 15) is 17.6 Å². The lowest BCUT2D eigenvalue weighted by Gasteiger charge is -2.22. The number of aromatic nitrogens is 1. The third kappa shape index (κ3) is 6.12. The minimum absolute atomic E-state index is 0.122. The molecule has 196 valence electrons. The fraction of sp³-hybridized carbons (Fsp3) is 0.143. The Balaban J connectivity index is 1.47. The van der Waals surface area contributed by atoms with Crippen LogP contribution in [0.5, 0.6) is 0 Å². The van der Waals surface area contributed by atoms with E-state index in [1.165, 1.54) is 28.7 Å². The number of halogens is 2. The second-order valence-corrected chi connectivity index (χ2v) is 11.1. The van der Waals surface area contributed by atoms with Gasteiger partial charge in [-0.05, 0) is 74.0 Å². The highest BCUT2D eigenvalue weighted by Crippen LogP contribution is 2.23. The highest BCUT2D eigenvalue weighted by molar-refractivity contribution is 7.92. The first-order valence-electron chi connectivity index (χ1n) is 11.6. The number of para-hydroxylation sites is 1. The Labute approximate surface area is 226 Å². The maximum atomic E-state index is 14.3. The summed E-state index contributed by atoms with van der Waals surface area (Å²) in [6.07, 6.45) is 2.63. The van der Waals surface area contributed by atoms with Crippen LogP contribution in [0.4, 0.5) is 10.1 Å². The first kappa shape index (κ1) is 27.1. The minimum atomic E-state index is -3.58. The fourth-order valence-corrected chi connectivity index (χ4v) is 5.10. The number of amides is 1. The summed E-state index contributed by atoms with van der Waals surface area (Å²) in [5.74, 6) is -0.795. The molecule has 0 saturated carbocycles. The highest BCUT2D eigenvalue weighted by Gasteiger charge is 2.19. The average Bonchev–Trinajstić information content (AvgIpc) is 3.16. The van der Waals surface area contributed by atoms with E-state index in [4.69, 9.17) is 11.6 Å². The number of rotatable bonds is 8. The van der Waals surface area contributed by atoms with Crippen LogP contribution < -0.4 is 9.73 Å². The van der Waals surface area contributed by atoms with Gasteiger partial charge < -0.3 is 4.57 Å². The van der Waals surface area contributed by atoms with Crippen LogP contribution in [0.2, 0.25) is 5.02 Å². The number of anilines is 1. The minimum Gasteiger partial charge on any atom is -0.315 e. The van der Waals surface area contributed by atoms with E-state index in [0.29, 0.717) is 22.0 Å². The molecule has 4 rings (SSSR count). The van der Waals surface area contributed by atoms with Crippen LogP contribution in [0.3, 0.4) is 0 Å². The molecular weight excluding hydrogens is 527 g/mol. The van der Waals surface area contributed by atoms with Crippen LogP contribution in [0.15, 0.2) is 84.0 Å². The number of hydrogen-bond acceptors (Lipinski definition) is 4. The summed E-state index contributed by atoms with van der Waals surface area (Å²) >= 11 is 5.93. The Hall–Kier alpha value is -3.95. The molecule has 1 heterocycles. The molecule has 10 heteroatoms. The normalized spacial score (nSPS) is 11.6. The average molecular weight is 553 g/mol. The predicted octanol–water partition coefficient (Wildman–Crippen LogP) is 5.62. The van der Waals surface area contributed by atoms with Gasteiger partial charge in [0.05, 0.1) is 30.4 Å². The molecule has 3 aromatic carbocycles. The first-order valence-corrected chi connectivity index (χ1v) is 13.9. The Morgan fingerprint density at radius 3 is 2.34 bits per heavy atom. The van der Waals surface area contributed by atoms with Gasteiger partial charge in [-0.3, -0.25) is 9.10 Å². The molecule has 0 saturated heterocycles. The van der Waals surface area contributed by atoms with Crippen LogP contribution in [-0.4, -0.2) is 31.4 Å². The Kier molecular flexibility index (Phi) is 7.99. The quantitative estimate of drug-likeness (QED) is 0.227. The molecule has 0 spiro atoms. The number of nitrogens with one attached hydrogen (secondary N) is 1.